The van der Waals surface area contributed by atoms with Crippen molar-refractivity contribution in [1.82, 2.24) is 24.5 Å². The molecule has 2 rings (SSSR count). The predicted molar refractivity (Wildman–Crippen MR) is 83.0 cm³/mol. The normalized spacial score (nSPS) is 11.2. The molecule has 0 aliphatic rings. The topological polar surface area (TPSA) is 99.1 Å². The van der Waals surface area contributed by atoms with E-state index in [9.17, 15) is 23.7 Å². The second-order valence-electron chi connectivity index (χ2n) is 5.66. The smallest absolute Gasteiger partial charge is 0.319 e. The van der Waals surface area contributed by atoms with Gasteiger partial charge in [0.2, 0.25) is 11.6 Å². The quantitative estimate of drug-likeness (QED) is 0.580. The summed E-state index contributed by atoms with van der Waals surface area (Å²) in [4.78, 5) is 23.8. The summed E-state index contributed by atoms with van der Waals surface area (Å²) in [5, 5.41) is 18.6. The molecular weight excluding hydrogens is 338 g/mol. The van der Waals surface area contributed by atoms with Crippen LogP contribution in [0.1, 0.15) is 29.1 Å². The summed E-state index contributed by atoms with van der Waals surface area (Å²) in [5.74, 6) is -0.412. The molecule has 0 unspecified atom stereocenters. The first kappa shape index (κ1) is 18.5. The molecule has 0 aromatic carbocycles. The van der Waals surface area contributed by atoms with Crippen LogP contribution >= 0.6 is 0 Å². The van der Waals surface area contributed by atoms with E-state index < -0.39 is 28.6 Å². The van der Waals surface area contributed by atoms with Gasteiger partial charge in [0.05, 0.1) is 11.1 Å². The van der Waals surface area contributed by atoms with E-state index in [0.29, 0.717) is 0 Å². The van der Waals surface area contributed by atoms with Crippen LogP contribution in [0.15, 0.2) is 6.20 Å². The van der Waals surface area contributed by atoms with Gasteiger partial charge < -0.3 is 4.90 Å². The highest BCUT2D eigenvalue weighted by molar-refractivity contribution is 5.75. The van der Waals surface area contributed by atoms with Crippen LogP contribution in [0.25, 0.3) is 0 Å². The largest absolute Gasteiger partial charge is 0.340 e. The number of halogens is 2. The number of likely N-dealkylation sites (N-methyl/N-ethyl adjacent to an activating group) is 1. The first-order valence-corrected chi connectivity index (χ1v) is 7.34. The second-order valence-corrected chi connectivity index (χ2v) is 5.66. The molecule has 0 spiro atoms. The molecule has 1 amide bonds. The van der Waals surface area contributed by atoms with E-state index in [2.05, 4.69) is 10.2 Å². The van der Waals surface area contributed by atoms with Gasteiger partial charge in [-0.15, -0.1) is 0 Å². The summed E-state index contributed by atoms with van der Waals surface area (Å²) >= 11 is 0. The Hall–Kier alpha value is -2.85. The minimum atomic E-state index is -3.09. The average molecular weight is 356 g/mol. The lowest BCUT2D eigenvalue weighted by atomic mass is 10.2. The van der Waals surface area contributed by atoms with Crippen LogP contribution in [-0.4, -0.2) is 42.3 Å². The van der Waals surface area contributed by atoms with Gasteiger partial charge in [0, 0.05) is 31.9 Å². The summed E-state index contributed by atoms with van der Waals surface area (Å²) in [5.41, 5.74) is -0.0328. The van der Waals surface area contributed by atoms with Gasteiger partial charge in [-0.1, -0.05) is 0 Å². The number of alkyl halides is 2. The third-order valence-corrected chi connectivity index (χ3v) is 4.05. The molecule has 0 radical (unpaired) electrons. The number of hydrogen-bond acceptors (Lipinski definition) is 5. The standard InChI is InChI=1S/C14H18F2N6O3/c1-8-10(5-17-20(8)4)6-19(3)11(23)7-21-9(2)13(22(24)25)12(18-21)14(15)16/h5,14H,6-7H2,1-4H3. The number of carbonyl (C=O) groups excluding carboxylic acids is 1. The van der Waals surface area contributed by atoms with Crippen LogP contribution in [0, 0.1) is 24.0 Å². The number of hydrogen-bond donors (Lipinski definition) is 0. The summed E-state index contributed by atoms with van der Waals surface area (Å²) < 4.78 is 28.5. The number of nitro groups is 1. The summed E-state index contributed by atoms with van der Waals surface area (Å²) in [6.45, 7) is 3.06. The second kappa shape index (κ2) is 6.95. The number of aryl methyl sites for hydroxylation is 1. The minimum absolute atomic E-state index is 0.0837. The Kier molecular flexibility index (Phi) is 5.14. The van der Waals surface area contributed by atoms with Gasteiger partial charge in [0.25, 0.3) is 6.43 Å². The highest BCUT2D eigenvalue weighted by Crippen LogP contribution is 2.30. The Morgan fingerprint density at radius 3 is 2.48 bits per heavy atom. The van der Waals surface area contributed by atoms with E-state index in [1.165, 1.54) is 11.8 Å². The molecule has 136 valence electrons. The molecule has 2 aromatic heterocycles. The van der Waals surface area contributed by atoms with Crippen molar-refractivity contribution >= 4 is 11.6 Å². The van der Waals surface area contributed by atoms with Gasteiger partial charge in [-0.25, -0.2) is 8.78 Å². The van der Waals surface area contributed by atoms with Crippen molar-refractivity contribution in [2.45, 2.75) is 33.4 Å². The van der Waals surface area contributed by atoms with Gasteiger partial charge in [0.15, 0.2) is 0 Å². The van der Waals surface area contributed by atoms with E-state index in [4.69, 9.17) is 0 Å². The van der Waals surface area contributed by atoms with Gasteiger partial charge in [0.1, 0.15) is 12.2 Å². The highest BCUT2D eigenvalue weighted by atomic mass is 19.3. The average Bonchev–Trinajstić information content (AvgIpc) is 3.02. The molecule has 0 saturated carbocycles. The summed E-state index contributed by atoms with van der Waals surface area (Å²) in [6.07, 6.45) is -1.45. The van der Waals surface area contributed by atoms with Crippen LogP contribution in [0.4, 0.5) is 14.5 Å². The van der Waals surface area contributed by atoms with Crippen molar-refractivity contribution in [3.63, 3.8) is 0 Å². The Morgan fingerprint density at radius 1 is 1.40 bits per heavy atom. The molecule has 0 bridgehead atoms. The molecule has 9 nitrogen and oxygen atoms in total. The highest BCUT2D eigenvalue weighted by Gasteiger charge is 2.31. The maximum Gasteiger partial charge on any atom is 0.319 e. The number of carbonyl (C=O) groups is 1. The zero-order valence-corrected chi connectivity index (χ0v) is 14.2. The van der Waals surface area contributed by atoms with Crippen LogP contribution < -0.4 is 0 Å². The number of amides is 1. The third-order valence-electron chi connectivity index (χ3n) is 4.05. The fourth-order valence-corrected chi connectivity index (χ4v) is 2.38. The van der Waals surface area contributed by atoms with Crippen molar-refractivity contribution in [3.05, 3.63) is 39.0 Å². The SMILES string of the molecule is Cc1c(CN(C)C(=O)Cn2nc(C(F)F)c([N+](=O)[O-])c2C)cnn1C. The Bertz CT molecular complexity index is 814. The lowest BCUT2D eigenvalue weighted by molar-refractivity contribution is -0.386. The summed E-state index contributed by atoms with van der Waals surface area (Å²) in [6, 6.07) is 0. The van der Waals surface area contributed by atoms with Crippen molar-refractivity contribution in [2.24, 2.45) is 7.05 Å². The van der Waals surface area contributed by atoms with Crippen LogP contribution in [0.3, 0.4) is 0 Å². The molecule has 2 aromatic rings. The van der Waals surface area contributed by atoms with Crippen LogP contribution in [-0.2, 0) is 24.9 Å². The molecule has 0 N–H and O–H groups in total. The van der Waals surface area contributed by atoms with Crippen LogP contribution in [0.5, 0.6) is 0 Å². The molecule has 11 heteroatoms. The maximum atomic E-state index is 12.9. The molecule has 0 fully saturated rings. The fourth-order valence-electron chi connectivity index (χ4n) is 2.38. The Morgan fingerprint density at radius 2 is 2.04 bits per heavy atom. The zero-order chi connectivity index (χ0) is 18.9. The third kappa shape index (κ3) is 3.64. The van der Waals surface area contributed by atoms with E-state index in [1.807, 2.05) is 6.92 Å². The number of aromatic nitrogens is 4. The zero-order valence-electron chi connectivity index (χ0n) is 14.2. The van der Waals surface area contributed by atoms with Gasteiger partial charge in [-0.2, -0.15) is 10.2 Å². The minimum Gasteiger partial charge on any atom is -0.340 e. The molecule has 25 heavy (non-hydrogen) atoms. The molecule has 0 aliphatic carbocycles. The molecule has 0 aliphatic heterocycles. The van der Waals surface area contributed by atoms with Crippen molar-refractivity contribution in [3.8, 4) is 0 Å². The van der Waals surface area contributed by atoms with Crippen LogP contribution in [0.2, 0.25) is 0 Å². The van der Waals surface area contributed by atoms with E-state index in [0.717, 1.165) is 15.9 Å². The predicted octanol–water partition coefficient (Wildman–Crippen LogP) is 1.74. The lowest BCUT2D eigenvalue weighted by Crippen LogP contribution is -2.30. The monoisotopic (exact) mass is 356 g/mol. The summed E-state index contributed by atoms with van der Waals surface area (Å²) in [7, 11) is 3.33. The van der Waals surface area contributed by atoms with Gasteiger partial charge in [-0.05, 0) is 13.8 Å². The van der Waals surface area contributed by atoms with E-state index in [1.54, 1.807) is 25.0 Å². The molecular formula is C14H18F2N6O3. The van der Waals surface area contributed by atoms with Gasteiger partial charge in [-0.3, -0.25) is 24.3 Å². The Balaban J connectivity index is 2.18. The van der Waals surface area contributed by atoms with Crippen molar-refractivity contribution < 1.29 is 18.5 Å². The number of nitrogens with zero attached hydrogens (tertiary/aromatic N) is 6. The molecule has 2 heterocycles. The van der Waals surface area contributed by atoms with Crippen molar-refractivity contribution in [2.75, 3.05) is 7.05 Å². The number of rotatable bonds is 6. The van der Waals surface area contributed by atoms with E-state index in [-0.39, 0.29) is 18.8 Å². The molecule has 0 atom stereocenters. The first-order chi connectivity index (χ1) is 11.6. The van der Waals surface area contributed by atoms with E-state index >= 15 is 0 Å². The Labute approximate surface area is 142 Å². The van der Waals surface area contributed by atoms with Crippen molar-refractivity contribution in [1.29, 1.82) is 0 Å². The maximum absolute atomic E-state index is 12.9. The lowest BCUT2D eigenvalue weighted by Gasteiger charge is -2.17. The van der Waals surface area contributed by atoms with Gasteiger partial charge >= 0.3 is 5.69 Å². The first-order valence-electron chi connectivity index (χ1n) is 7.34. The molecule has 0 saturated heterocycles. The fraction of sp³-hybridized carbons (Fsp3) is 0.500.